The second-order valence-corrected chi connectivity index (χ2v) is 4.92. The van der Waals surface area contributed by atoms with E-state index >= 15 is 0 Å². The lowest BCUT2D eigenvalue weighted by Crippen LogP contribution is -2.07. The summed E-state index contributed by atoms with van der Waals surface area (Å²) >= 11 is 0. The number of anilines is 1. The van der Waals surface area contributed by atoms with Gasteiger partial charge in [-0.2, -0.15) is 0 Å². The van der Waals surface area contributed by atoms with E-state index < -0.39 is 0 Å². The van der Waals surface area contributed by atoms with Gasteiger partial charge in [-0.15, -0.1) is 0 Å². The van der Waals surface area contributed by atoms with Gasteiger partial charge in [0.2, 0.25) is 0 Å². The maximum Gasteiger partial charge on any atom is 0.131 e. The highest BCUT2D eigenvalue weighted by molar-refractivity contribution is 5.36. The minimum Gasteiger partial charge on any atom is -0.385 e. The largest absolute Gasteiger partial charge is 0.385 e. The van der Waals surface area contributed by atoms with Gasteiger partial charge >= 0.3 is 0 Å². The van der Waals surface area contributed by atoms with Crippen LogP contribution in [-0.2, 0) is 11.2 Å². The number of hydrogen-bond donors (Lipinski definition) is 1. The Labute approximate surface area is 109 Å². The van der Waals surface area contributed by atoms with E-state index in [0.717, 1.165) is 31.1 Å². The van der Waals surface area contributed by atoms with Crippen LogP contribution in [0.5, 0.6) is 0 Å². The van der Waals surface area contributed by atoms with Crippen molar-refractivity contribution in [2.24, 2.45) is 0 Å². The molecule has 1 aliphatic rings. The predicted octanol–water partition coefficient (Wildman–Crippen LogP) is 2.75. The Bertz CT molecular complexity index is 375. The van der Waals surface area contributed by atoms with E-state index in [1.807, 2.05) is 7.05 Å². The monoisotopic (exact) mass is 249 g/mol. The number of aromatic nitrogens is 2. The van der Waals surface area contributed by atoms with Crippen LogP contribution < -0.4 is 5.32 Å². The molecule has 1 fully saturated rings. The van der Waals surface area contributed by atoms with E-state index in [-0.39, 0.29) is 0 Å². The molecule has 0 radical (unpaired) electrons. The molecule has 0 spiro atoms. The summed E-state index contributed by atoms with van der Waals surface area (Å²) < 4.78 is 5.08. The Morgan fingerprint density at radius 3 is 2.78 bits per heavy atom. The second kappa shape index (κ2) is 6.69. The van der Waals surface area contributed by atoms with Gasteiger partial charge in [-0.1, -0.05) is 12.8 Å². The molecule has 2 rings (SSSR count). The van der Waals surface area contributed by atoms with E-state index in [2.05, 4.69) is 16.4 Å². The quantitative estimate of drug-likeness (QED) is 0.787. The van der Waals surface area contributed by atoms with Crippen molar-refractivity contribution in [2.45, 2.75) is 44.4 Å². The Balaban J connectivity index is 2.10. The Hall–Kier alpha value is -1.16. The number of nitrogens with one attached hydrogen (secondary N) is 1. The highest BCUT2D eigenvalue weighted by Crippen LogP contribution is 2.33. The molecular weight excluding hydrogens is 226 g/mol. The first-order valence-corrected chi connectivity index (χ1v) is 6.88. The molecule has 0 amide bonds. The summed E-state index contributed by atoms with van der Waals surface area (Å²) in [6.07, 6.45) is 7.09. The van der Waals surface area contributed by atoms with Crippen molar-refractivity contribution >= 4 is 5.82 Å². The number of methoxy groups -OCH3 is 1. The smallest absolute Gasteiger partial charge is 0.131 e. The minimum atomic E-state index is 0.640. The highest BCUT2D eigenvalue weighted by atomic mass is 16.5. The van der Waals surface area contributed by atoms with Gasteiger partial charge in [0.05, 0.1) is 0 Å². The number of nitrogens with zero attached hydrogens (tertiary/aromatic N) is 2. The molecule has 100 valence electrons. The zero-order valence-corrected chi connectivity index (χ0v) is 11.4. The van der Waals surface area contributed by atoms with Crippen LogP contribution in [-0.4, -0.2) is 30.7 Å². The molecule has 0 aromatic carbocycles. The first-order chi connectivity index (χ1) is 8.83. The fourth-order valence-corrected chi connectivity index (χ4v) is 2.56. The third-order valence-corrected chi connectivity index (χ3v) is 3.57. The predicted molar refractivity (Wildman–Crippen MR) is 73.0 cm³/mol. The fourth-order valence-electron chi connectivity index (χ4n) is 2.56. The normalized spacial score (nSPS) is 16.1. The van der Waals surface area contributed by atoms with Crippen LogP contribution in [0.2, 0.25) is 0 Å². The number of hydrogen-bond acceptors (Lipinski definition) is 4. The van der Waals surface area contributed by atoms with Gasteiger partial charge in [0.15, 0.2) is 0 Å². The Morgan fingerprint density at radius 2 is 2.11 bits per heavy atom. The summed E-state index contributed by atoms with van der Waals surface area (Å²) in [7, 11) is 3.65. The molecule has 4 nitrogen and oxygen atoms in total. The van der Waals surface area contributed by atoms with E-state index in [0.29, 0.717) is 5.92 Å². The maximum absolute atomic E-state index is 5.08. The zero-order valence-electron chi connectivity index (χ0n) is 11.4. The third kappa shape index (κ3) is 3.42. The van der Waals surface area contributed by atoms with E-state index in [1.165, 1.54) is 31.4 Å². The van der Waals surface area contributed by atoms with Crippen LogP contribution >= 0.6 is 0 Å². The average molecular weight is 249 g/mol. The van der Waals surface area contributed by atoms with Gasteiger partial charge in [0.1, 0.15) is 11.6 Å². The summed E-state index contributed by atoms with van der Waals surface area (Å²) in [4.78, 5) is 9.25. The topological polar surface area (TPSA) is 47.0 Å². The first kappa shape index (κ1) is 13.3. The lowest BCUT2D eigenvalue weighted by atomic mass is 10.0. The SMILES string of the molecule is CNc1cc(C2CCCC2)nc(CCCOC)n1. The van der Waals surface area contributed by atoms with Crippen LogP contribution in [0.4, 0.5) is 5.82 Å². The fraction of sp³-hybridized carbons (Fsp3) is 0.714. The van der Waals surface area contributed by atoms with Crippen molar-refractivity contribution in [1.29, 1.82) is 0 Å². The molecule has 0 bridgehead atoms. The molecular formula is C14H23N3O. The van der Waals surface area contributed by atoms with E-state index in [1.54, 1.807) is 7.11 Å². The number of ether oxygens (including phenoxy) is 1. The highest BCUT2D eigenvalue weighted by Gasteiger charge is 2.19. The van der Waals surface area contributed by atoms with Crippen molar-refractivity contribution in [1.82, 2.24) is 9.97 Å². The molecule has 1 N–H and O–H groups in total. The minimum absolute atomic E-state index is 0.640. The summed E-state index contributed by atoms with van der Waals surface area (Å²) in [6, 6.07) is 2.11. The lowest BCUT2D eigenvalue weighted by Gasteiger charge is -2.12. The molecule has 1 aliphatic carbocycles. The first-order valence-electron chi connectivity index (χ1n) is 6.88. The van der Waals surface area contributed by atoms with Crippen molar-refractivity contribution in [3.63, 3.8) is 0 Å². The van der Waals surface area contributed by atoms with Crippen LogP contribution in [0.25, 0.3) is 0 Å². The van der Waals surface area contributed by atoms with Crippen molar-refractivity contribution in [3.05, 3.63) is 17.6 Å². The molecule has 1 saturated carbocycles. The zero-order chi connectivity index (χ0) is 12.8. The third-order valence-electron chi connectivity index (χ3n) is 3.57. The van der Waals surface area contributed by atoms with Crippen molar-refractivity contribution < 1.29 is 4.74 Å². The molecule has 1 aromatic heterocycles. The van der Waals surface area contributed by atoms with Crippen LogP contribution in [0.1, 0.15) is 49.5 Å². The standard InChI is InChI=1S/C14H23N3O/c1-15-14-10-12(11-6-3-4-7-11)16-13(17-14)8-5-9-18-2/h10-11H,3-9H2,1-2H3,(H,15,16,17). The summed E-state index contributed by atoms with van der Waals surface area (Å²) in [6.45, 7) is 0.770. The molecule has 0 saturated heterocycles. The van der Waals surface area contributed by atoms with Crippen LogP contribution in [0.15, 0.2) is 6.07 Å². The van der Waals surface area contributed by atoms with Gasteiger partial charge in [-0.05, 0) is 19.3 Å². The maximum atomic E-state index is 5.08. The molecule has 0 atom stereocenters. The van der Waals surface area contributed by atoms with Gasteiger partial charge < -0.3 is 10.1 Å². The average Bonchev–Trinajstić information content (AvgIpc) is 2.92. The Morgan fingerprint density at radius 1 is 1.33 bits per heavy atom. The molecule has 1 heterocycles. The van der Waals surface area contributed by atoms with Gasteiger partial charge in [0.25, 0.3) is 0 Å². The van der Waals surface area contributed by atoms with Crippen molar-refractivity contribution in [3.8, 4) is 0 Å². The molecule has 18 heavy (non-hydrogen) atoms. The summed E-state index contributed by atoms with van der Waals surface area (Å²) in [5.74, 6) is 2.53. The number of rotatable bonds is 6. The van der Waals surface area contributed by atoms with Crippen LogP contribution in [0.3, 0.4) is 0 Å². The molecule has 4 heteroatoms. The molecule has 0 aliphatic heterocycles. The lowest BCUT2D eigenvalue weighted by molar-refractivity contribution is 0.194. The van der Waals surface area contributed by atoms with Crippen LogP contribution in [0, 0.1) is 0 Å². The molecule has 1 aromatic rings. The van der Waals surface area contributed by atoms with Gasteiger partial charge in [-0.3, -0.25) is 0 Å². The van der Waals surface area contributed by atoms with E-state index in [4.69, 9.17) is 9.72 Å². The Kier molecular flexibility index (Phi) is 4.93. The number of aryl methyl sites for hydroxylation is 1. The van der Waals surface area contributed by atoms with Gasteiger partial charge in [-0.25, -0.2) is 9.97 Å². The second-order valence-electron chi connectivity index (χ2n) is 4.92. The van der Waals surface area contributed by atoms with Crippen molar-refractivity contribution in [2.75, 3.05) is 26.1 Å². The van der Waals surface area contributed by atoms with Gasteiger partial charge in [0, 0.05) is 44.9 Å². The summed E-state index contributed by atoms with van der Waals surface area (Å²) in [5.41, 5.74) is 1.22. The summed E-state index contributed by atoms with van der Waals surface area (Å²) in [5, 5.41) is 3.14. The molecule has 0 unspecified atom stereocenters. The van der Waals surface area contributed by atoms with E-state index in [9.17, 15) is 0 Å².